The van der Waals surface area contributed by atoms with Gasteiger partial charge in [-0.2, -0.15) is 0 Å². The normalized spacial score (nSPS) is 17.1. The van der Waals surface area contributed by atoms with Gasteiger partial charge in [-0.1, -0.05) is 0 Å². The Morgan fingerprint density at radius 2 is 1.85 bits per heavy atom. The van der Waals surface area contributed by atoms with Crippen LogP contribution in [0, 0.1) is 0 Å². The Morgan fingerprint density at radius 3 is 2.40 bits per heavy atom. The van der Waals surface area contributed by atoms with Gasteiger partial charge < -0.3 is 37.9 Å². The van der Waals surface area contributed by atoms with Crippen LogP contribution >= 0.6 is 0 Å². The van der Waals surface area contributed by atoms with E-state index in [1.807, 2.05) is 31.2 Å². The van der Waals surface area contributed by atoms with Crippen molar-refractivity contribution >= 4 is 5.78 Å². The standard InChI is InChI=1S/C15H22NO3.HI/c1-3-19-14-6-4-13(5-7-14)15(17)12-16(2)8-10-18-11-9-16;/h4-7H,3,8-12H2,1-2H3;1H/q+1;/p-1. The predicted octanol–water partition coefficient (Wildman–Crippen LogP) is -1.25. The van der Waals surface area contributed by atoms with Crippen molar-refractivity contribution in [1.82, 2.24) is 0 Å². The topological polar surface area (TPSA) is 35.5 Å². The molecule has 4 nitrogen and oxygen atoms in total. The van der Waals surface area contributed by atoms with E-state index < -0.39 is 0 Å². The summed E-state index contributed by atoms with van der Waals surface area (Å²) >= 11 is 0. The molecule has 0 unspecified atom stereocenters. The van der Waals surface area contributed by atoms with Crippen LogP contribution in [0.5, 0.6) is 5.75 Å². The van der Waals surface area contributed by atoms with Crippen LogP contribution in [0.15, 0.2) is 24.3 Å². The maximum atomic E-state index is 12.3. The molecule has 0 aromatic heterocycles. The Balaban J connectivity index is 0.00000200. The summed E-state index contributed by atoms with van der Waals surface area (Å²) in [7, 11) is 2.12. The quantitative estimate of drug-likeness (QED) is 0.358. The molecule has 0 spiro atoms. The molecule has 0 radical (unpaired) electrons. The molecule has 1 fully saturated rings. The first-order valence-corrected chi connectivity index (χ1v) is 6.80. The molecule has 112 valence electrons. The van der Waals surface area contributed by atoms with Gasteiger partial charge in [0.2, 0.25) is 5.78 Å². The maximum Gasteiger partial charge on any atom is 0.216 e. The monoisotopic (exact) mass is 391 g/mol. The zero-order valence-electron chi connectivity index (χ0n) is 12.1. The Labute approximate surface area is 137 Å². The Morgan fingerprint density at radius 1 is 1.25 bits per heavy atom. The highest BCUT2D eigenvalue weighted by molar-refractivity contribution is 5.97. The molecular weight excluding hydrogens is 369 g/mol. The van der Waals surface area contributed by atoms with Crippen molar-refractivity contribution in [2.24, 2.45) is 0 Å². The summed E-state index contributed by atoms with van der Waals surface area (Å²) in [5.41, 5.74) is 0.759. The molecule has 20 heavy (non-hydrogen) atoms. The molecule has 0 aliphatic carbocycles. The third kappa shape index (κ3) is 4.71. The number of ketones is 1. The van der Waals surface area contributed by atoms with Gasteiger partial charge in [-0.3, -0.25) is 4.79 Å². The molecule has 1 aromatic carbocycles. The van der Waals surface area contributed by atoms with Crippen molar-refractivity contribution in [3.63, 3.8) is 0 Å². The Bertz CT molecular complexity index is 427. The summed E-state index contributed by atoms with van der Waals surface area (Å²) in [6, 6.07) is 7.41. The fourth-order valence-electron chi connectivity index (χ4n) is 2.28. The van der Waals surface area contributed by atoms with Gasteiger partial charge in [0.05, 0.1) is 26.9 Å². The van der Waals surface area contributed by atoms with Crippen molar-refractivity contribution < 1.29 is 42.7 Å². The lowest BCUT2D eigenvalue weighted by Crippen LogP contribution is -3.00. The number of rotatable bonds is 5. The van der Waals surface area contributed by atoms with Gasteiger partial charge in [0.1, 0.15) is 25.4 Å². The van der Waals surface area contributed by atoms with Crippen LogP contribution in [0.4, 0.5) is 0 Å². The van der Waals surface area contributed by atoms with E-state index in [0.717, 1.165) is 42.1 Å². The summed E-state index contributed by atoms with van der Waals surface area (Å²) in [5.74, 6) is 0.998. The van der Waals surface area contributed by atoms with Crippen LogP contribution in [0.25, 0.3) is 0 Å². The molecule has 0 N–H and O–H groups in total. The summed E-state index contributed by atoms with van der Waals surface area (Å²) in [6.07, 6.45) is 0. The van der Waals surface area contributed by atoms with Crippen LogP contribution in [0.1, 0.15) is 17.3 Å². The first-order chi connectivity index (χ1) is 9.13. The fourth-order valence-corrected chi connectivity index (χ4v) is 2.28. The minimum Gasteiger partial charge on any atom is -1.00 e. The number of carbonyl (C=O) groups excluding carboxylic acids is 1. The van der Waals surface area contributed by atoms with Gasteiger partial charge in [0, 0.05) is 5.56 Å². The number of carbonyl (C=O) groups is 1. The molecule has 1 saturated heterocycles. The molecule has 2 rings (SSSR count). The number of hydrogen-bond donors (Lipinski definition) is 0. The van der Waals surface area contributed by atoms with E-state index in [2.05, 4.69) is 7.05 Å². The highest BCUT2D eigenvalue weighted by atomic mass is 127. The van der Waals surface area contributed by atoms with Gasteiger partial charge in [-0.05, 0) is 31.2 Å². The van der Waals surface area contributed by atoms with Crippen molar-refractivity contribution in [3.8, 4) is 5.75 Å². The highest BCUT2D eigenvalue weighted by Crippen LogP contribution is 2.15. The van der Waals surface area contributed by atoms with Gasteiger partial charge in [0.15, 0.2) is 0 Å². The molecule has 1 aliphatic heterocycles. The second-order valence-corrected chi connectivity index (χ2v) is 5.22. The number of hydrogen-bond acceptors (Lipinski definition) is 3. The van der Waals surface area contributed by atoms with E-state index in [1.54, 1.807) is 0 Å². The molecule has 0 amide bonds. The number of likely N-dealkylation sites (N-methyl/N-ethyl adjacent to an activating group) is 1. The Kier molecular flexibility index (Phi) is 6.91. The van der Waals surface area contributed by atoms with Gasteiger partial charge >= 0.3 is 0 Å². The van der Waals surface area contributed by atoms with Crippen LogP contribution in [0.2, 0.25) is 0 Å². The van der Waals surface area contributed by atoms with Crippen LogP contribution < -0.4 is 28.7 Å². The smallest absolute Gasteiger partial charge is 0.216 e. The number of quaternary nitrogens is 1. The molecule has 1 aromatic rings. The van der Waals surface area contributed by atoms with Gasteiger partial charge in [0.25, 0.3) is 0 Å². The van der Waals surface area contributed by atoms with E-state index in [4.69, 9.17) is 9.47 Å². The lowest BCUT2D eigenvalue weighted by molar-refractivity contribution is -0.908. The number of morpholine rings is 1. The van der Waals surface area contributed by atoms with E-state index in [0.29, 0.717) is 13.2 Å². The first-order valence-electron chi connectivity index (χ1n) is 6.80. The second-order valence-electron chi connectivity index (χ2n) is 5.22. The van der Waals surface area contributed by atoms with Crippen LogP contribution in [-0.2, 0) is 4.74 Å². The second kappa shape index (κ2) is 7.95. The predicted molar refractivity (Wildman–Crippen MR) is 73.5 cm³/mol. The van der Waals surface area contributed by atoms with Crippen molar-refractivity contribution in [2.45, 2.75) is 6.92 Å². The van der Waals surface area contributed by atoms with Gasteiger partial charge in [-0.15, -0.1) is 0 Å². The van der Waals surface area contributed by atoms with Crippen molar-refractivity contribution in [1.29, 1.82) is 0 Å². The first kappa shape index (κ1) is 17.4. The van der Waals surface area contributed by atoms with Crippen LogP contribution in [0.3, 0.4) is 0 Å². The van der Waals surface area contributed by atoms with Crippen molar-refractivity contribution in [3.05, 3.63) is 29.8 Å². The average molecular weight is 391 g/mol. The molecular formula is C15H22INO3. The van der Waals surface area contributed by atoms with Crippen molar-refractivity contribution in [2.75, 3.05) is 46.5 Å². The number of ether oxygens (including phenoxy) is 2. The minimum absolute atomic E-state index is 0. The number of benzene rings is 1. The SMILES string of the molecule is CCOc1ccc(C(=O)C[N+]2(C)CCOCC2)cc1.[I-]. The van der Waals surface area contributed by atoms with E-state index in [1.165, 1.54) is 0 Å². The molecule has 1 aliphatic rings. The fraction of sp³-hybridized carbons (Fsp3) is 0.533. The molecule has 0 saturated carbocycles. The Hall–Kier alpha value is -0.660. The summed E-state index contributed by atoms with van der Waals surface area (Å²) < 4.78 is 11.5. The number of nitrogens with zero attached hydrogens (tertiary/aromatic N) is 1. The molecule has 5 heteroatoms. The summed E-state index contributed by atoms with van der Waals surface area (Å²) in [5, 5.41) is 0. The average Bonchev–Trinajstić information content (AvgIpc) is 2.40. The zero-order chi connectivity index (χ0) is 13.7. The lowest BCUT2D eigenvalue weighted by atomic mass is 10.1. The largest absolute Gasteiger partial charge is 1.00 e. The summed E-state index contributed by atoms with van der Waals surface area (Å²) in [6.45, 7) is 6.42. The summed E-state index contributed by atoms with van der Waals surface area (Å²) in [4.78, 5) is 12.3. The van der Waals surface area contributed by atoms with E-state index >= 15 is 0 Å². The van der Waals surface area contributed by atoms with Gasteiger partial charge in [-0.25, -0.2) is 0 Å². The maximum absolute atomic E-state index is 12.3. The highest BCUT2D eigenvalue weighted by Gasteiger charge is 2.28. The number of Topliss-reactive ketones (excluding diaryl/α,β-unsaturated/α-hetero) is 1. The number of halogens is 1. The minimum atomic E-state index is 0. The third-order valence-corrected chi connectivity index (χ3v) is 3.56. The third-order valence-electron chi connectivity index (χ3n) is 3.56. The van der Waals surface area contributed by atoms with Crippen LogP contribution in [-0.4, -0.2) is 56.8 Å². The lowest BCUT2D eigenvalue weighted by Gasteiger charge is -2.36. The molecule has 0 bridgehead atoms. The molecule has 0 atom stereocenters. The van der Waals surface area contributed by atoms with E-state index in [-0.39, 0.29) is 29.8 Å². The molecule has 1 heterocycles. The van der Waals surface area contributed by atoms with E-state index in [9.17, 15) is 4.79 Å². The zero-order valence-corrected chi connectivity index (χ0v) is 14.3.